The fraction of sp³-hybridized carbons (Fsp3) is 0.455. The second-order valence-electron chi connectivity index (χ2n) is 10.8. The van der Waals surface area contributed by atoms with Crippen molar-refractivity contribution in [2.45, 2.75) is 85.9 Å². The molecule has 0 spiro atoms. The normalized spacial score (nSPS) is 11.8. The van der Waals surface area contributed by atoms with Crippen LogP contribution in [0.2, 0.25) is 0 Å². The summed E-state index contributed by atoms with van der Waals surface area (Å²) in [6, 6.07) is 10.1. The number of ketones is 1. The summed E-state index contributed by atoms with van der Waals surface area (Å²) in [6.07, 6.45) is 5.65. The number of halogens is 2. The maximum Gasteiger partial charge on any atom is 0.317 e. The third-order valence-corrected chi connectivity index (χ3v) is 6.91. The Morgan fingerprint density at radius 2 is 1.73 bits per heavy atom. The van der Waals surface area contributed by atoms with E-state index < -0.39 is 11.6 Å². The van der Waals surface area contributed by atoms with E-state index in [0.29, 0.717) is 16.8 Å². The lowest BCUT2D eigenvalue weighted by Gasteiger charge is -2.27. The van der Waals surface area contributed by atoms with Gasteiger partial charge >= 0.3 is 6.03 Å². The van der Waals surface area contributed by atoms with Crippen molar-refractivity contribution in [1.29, 1.82) is 0 Å². The Bertz CT molecular complexity index is 1370. The number of aromatic nitrogens is 1. The number of anilines is 1. The minimum Gasteiger partial charge on any atom is -0.505 e. The number of unbranched alkanes of at least 4 members (excludes halogenated alkanes) is 1. The van der Waals surface area contributed by atoms with Gasteiger partial charge in [0.25, 0.3) is 0 Å². The number of benzene rings is 2. The van der Waals surface area contributed by atoms with Crippen LogP contribution in [0.25, 0.3) is 10.8 Å². The number of aromatic hydroxyl groups is 1. The maximum absolute atomic E-state index is 13.2. The van der Waals surface area contributed by atoms with Crippen molar-refractivity contribution >= 4 is 34.3 Å². The van der Waals surface area contributed by atoms with Gasteiger partial charge in [-0.05, 0) is 61.4 Å². The van der Waals surface area contributed by atoms with Gasteiger partial charge in [-0.3, -0.25) is 9.59 Å². The van der Waals surface area contributed by atoms with E-state index in [1.165, 1.54) is 38.1 Å². The number of carbonyl (C=O) groups excluding carboxylic acids is 3. The van der Waals surface area contributed by atoms with Crippen LogP contribution in [-0.4, -0.2) is 51.8 Å². The molecule has 9 nitrogen and oxygen atoms in total. The molecule has 242 valence electrons. The molecule has 5 N–H and O–H groups in total. The van der Waals surface area contributed by atoms with E-state index in [4.69, 9.17) is 5.73 Å². The van der Waals surface area contributed by atoms with Crippen LogP contribution >= 0.6 is 0 Å². The molecule has 0 saturated heterocycles. The predicted octanol–water partition coefficient (Wildman–Crippen LogP) is 6.53. The van der Waals surface area contributed by atoms with Crippen molar-refractivity contribution in [3.8, 4) is 5.75 Å². The Balaban J connectivity index is 0.000000365. The Morgan fingerprint density at radius 3 is 2.27 bits per heavy atom. The van der Waals surface area contributed by atoms with Gasteiger partial charge < -0.3 is 26.4 Å². The number of nitrogens with two attached hydrogens (primary N) is 1. The molecule has 0 bridgehead atoms. The van der Waals surface area contributed by atoms with Crippen LogP contribution < -0.4 is 16.4 Å². The minimum atomic E-state index is -0.676. The van der Waals surface area contributed by atoms with Crippen LogP contribution in [-0.2, 0) is 16.1 Å². The zero-order valence-electron chi connectivity index (χ0n) is 26.8. The van der Waals surface area contributed by atoms with Crippen molar-refractivity contribution in [2.24, 2.45) is 11.7 Å². The van der Waals surface area contributed by atoms with Crippen LogP contribution in [0.4, 0.5) is 19.4 Å². The van der Waals surface area contributed by atoms with E-state index in [0.717, 1.165) is 31.1 Å². The van der Waals surface area contributed by atoms with Crippen LogP contribution in [0.3, 0.4) is 0 Å². The predicted molar refractivity (Wildman–Crippen MR) is 171 cm³/mol. The molecule has 0 aliphatic heterocycles. The second-order valence-corrected chi connectivity index (χ2v) is 10.8. The van der Waals surface area contributed by atoms with E-state index >= 15 is 0 Å². The highest BCUT2D eigenvalue weighted by molar-refractivity contribution is 5.91. The van der Waals surface area contributed by atoms with Gasteiger partial charge in [0.2, 0.25) is 5.91 Å². The van der Waals surface area contributed by atoms with Crippen LogP contribution in [0, 0.1) is 17.6 Å². The van der Waals surface area contributed by atoms with Crippen molar-refractivity contribution in [3.05, 3.63) is 65.9 Å². The lowest BCUT2D eigenvalue weighted by atomic mass is 10.0. The van der Waals surface area contributed by atoms with Gasteiger partial charge in [0.15, 0.2) is 11.6 Å². The minimum absolute atomic E-state index is 0.0694. The van der Waals surface area contributed by atoms with Crippen molar-refractivity contribution in [3.63, 3.8) is 0 Å². The number of fused-ring (bicyclic) bond motifs is 1. The first-order valence-corrected chi connectivity index (χ1v) is 14.8. The molecular formula is C33H47F2N5O4. The highest BCUT2D eigenvalue weighted by Gasteiger charge is 2.18. The zero-order valence-corrected chi connectivity index (χ0v) is 26.8. The average Bonchev–Trinajstić information content (AvgIpc) is 2.97. The molecule has 2 unspecified atom stereocenters. The summed E-state index contributed by atoms with van der Waals surface area (Å²) in [5.41, 5.74) is 5.78. The molecular weight excluding hydrogens is 568 g/mol. The van der Waals surface area contributed by atoms with E-state index in [1.807, 2.05) is 13.8 Å². The molecule has 0 fully saturated rings. The molecule has 1 aromatic heterocycles. The summed E-state index contributed by atoms with van der Waals surface area (Å²) in [5.74, 6) is -0.809. The number of amides is 3. The Labute approximate surface area is 259 Å². The molecule has 3 rings (SSSR count). The molecule has 3 amide bonds. The first-order valence-electron chi connectivity index (χ1n) is 14.8. The number of urea groups is 1. The van der Waals surface area contributed by atoms with Crippen molar-refractivity contribution in [2.75, 3.05) is 12.4 Å². The van der Waals surface area contributed by atoms with Gasteiger partial charge in [-0.1, -0.05) is 52.7 Å². The zero-order chi connectivity index (χ0) is 33.4. The van der Waals surface area contributed by atoms with Crippen molar-refractivity contribution in [1.82, 2.24) is 15.2 Å². The first kappa shape index (κ1) is 37.9. The quantitative estimate of drug-likeness (QED) is 0.205. The fourth-order valence-corrected chi connectivity index (χ4v) is 4.11. The molecule has 3 aromatic rings. The Hall–Kier alpha value is -4.12. The molecule has 0 aliphatic rings. The van der Waals surface area contributed by atoms with Gasteiger partial charge in [-0.15, -0.1) is 0 Å². The topological polar surface area (TPSA) is 138 Å². The highest BCUT2D eigenvalue weighted by atomic mass is 19.1. The number of hydrogen-bond acceptors (Lipinski definition) is 6. The summed E-state index contributed by atoms with van der Waals surface area (Å²) in [4.78, 5) is 39.1. The van der Waals surface area contributed by atoms with Gasteiger partial charge in [0.1, 0.15) is 17.4 Å². The molecule has 44 heavy (non-hydrogen) atoms. The van der Waals surface area contributed by atoms with Crippen LogP contribution in [0.1, 0.15) is 72.8 Å². The molecule has 2 atom stereocenters. The SMILES string of the molecule is CC(=O)C(N)C(C)C.CC(=O)Nc1cc2cc(F)ccc2cn1.CCCCC(CC)N(C)C(=O)NCc1cccc(F)c1O. The third-order valence-electron chi connectivity index (χ3n) is 6.91. The maximum atomic E-state index is 13.2. The smallest absolute Gasteiger partial charge is 0.317 e. The molecule has 11 heteroatoms. The van der Waals surface area contributed by atoms with Gasteiger partial charge in [0, 0.05) is 43.7 Å². The number of rotatable bonds is 10. The lowest BCUT2D eigenvalue weighted by molar-refractivity contribution is -0.119. The molecule has 0 saturated carbocycles. The number of para-hydroxylation sites is 1. The number of Topliss-reactive ketones (excluding diaryl/α,β-unsaturated/α-hetero) is 1. The molecule has 1 heterocycles. The number of pyridine rings is 1. The molecule has 0 radical (unpaired) electrons. The summed E-state index contributed by atoms with van der Waals surface area (Å²) >= 11 is 0. The number of phenolic OH excluding ortho intramolecular Hbond substituents is 1. The number of nitrogens with one attached hydrogen (secondary N) is 2. The lowest BCUT2D eigenvalue weighted by Crippen LogP contribution is -2.43. The van der Waals surface area contributed by atoms with E-state index in [1.54, 1.807) is 36.3 Å². The highest BCUT2D eigenvalue weighted by Crippen LogP contribution is 2.21. The first-order chi connectivity index (χ1) is 20.7. The van der Waals surface area contributed by atoms with Gasteiger partial charge in [-0.2, -0.15) is 0 Å². The van der Waals surface area contributed by atoms with Gasteiger partial charge in [0.05, 0.1) is 6.04 Å². The summed E-state index contributed by atoms with van der Waals surface area (Å²) in [6.45, 7) is 11.1. The summed E-state index contributed by atoms with van der Waals surface area (Å²) in [5, 5.41) is 16.4. The standard InChI is InChI=1S/C16H25FN2O2.C11H9FN2O.C6H13NO/c1-4-6-9-13(5-2)19(3)16(21)18-11-12-8-7-10-14(17)15(12)20;1-7(15)14-11-5-9-4-10(12)3-2-8(9)6-13-11;1-4(2)6(7)5(3)8/h7-8,10,13,20H,4-6,9,11H2,1-3H3,(H,18,21);2-6H,1H3,(H,13,14,15);4,6H,7H2,1-3H3. The largest absolute Gasteiger partial charge is 0.505 e. The Kier molecular flexibility index (Phi) is 16.6. The van der Waals surface area contributed by atoms with Gasteiger partial charge in [-0.25, -0.2) is 18.6 Å². The summed E-state index contributed by atoms with van der Waals surface area (Å²) in [7, 11) is 1.77. The monoisotopic (exact) mass is 615 g/mol. The van der Waals surface area contributed by atoms with Crippen LogP contribution in [0.5, 0.6) is 5.75 Å². The number of phenols is 1. The van der Waals surface area contributed by atoms with E-state index in [2.05, 4.69) is 29.5 Å². The van der Waals surface area contributed by atoms with E-state index in [-0.39, 0.29) is 48.1 Å². The number of hydrogen-bond donors (Lipinski definition) is 4. The van der Waals surface area contributed by atoms with Crippen molar-refractivity contribution < 1.29 is 28.3 Å². The third kappa shape index (κ3) is 13.0. The summed E-state index contributed by atoms with van der Waals surface area (Å²) < 4.78 is 26.1. The average molecular weight is 616 g/mol. The second kappa shape index (κ2) is 19.2. The van der Waals surface area contributed by atoms with E-state index in [9.17, 15) is 28.3 Å². The number of carbonyl (C=O) groups is 3. The number of nitrogens with zero attached hydrogens (tertiary/aromatic N) is 2. The van der Waals surface area contributed by atoms with Crippen LogP contribution in [0.15, 0.2) is 48.7 Å². The molecule has 2 aromatic carbocycles. The Morgan fingerprint density at radius 1 is 1.05 bits per heavy atom. The fourth-order valence-electron chi connectivity index (χ4n) is 4.11. The molecule has 0 aliphatic carbocycles.